The van der Waals surface area contributed by atoms with Crippen molar-refractivity contribution in [2.24, 2.45) is 0 Å². The van der Waals surface area contributed by atoms with Crippen LogP contribution in [0.4, 0.5) is 17.3 Å². The number of nitrogens with zero attached hydrogens (tertiary/aromatic N) is 6. The third-order valence-corrected chi connectivity index (χ3v) is 3.45. The second kappa shape index (κ2) is 7.97. The Balaban J connectivity index is 1.70. The Kier molecular flexibility index (Phi) is 5.26. The van der Waals surface area contributed by atoms with E-state index in [1.54, 1.807) is 6.07 Å². The van der Waals surface area contributed by atoms with Crippen molar-refractivity contribution >= 4 is 17.3 Å². The van der Waals surface area contributed by atoms with Gasteiger partial charge in [0.05, 0.1) is 30.8 Å². The summed E-state index contributed by atoms with van der Waals surface area (Å²) >= 11 is 0. The van der Waals surface area contributed by atoms with Crippen LogP contribution in [0.5, 0.6) is 0 Å². The van der Waals surface area contributed by atoms with E-state index in [4.69, 9.17) is 10.00 Å². The van der Waals surface area contributed by atoms with Crippen LogP contribution in [-0.4, -0.2) is 52.5 Å². The highest BCUT2D eigenvalue weighted by Gasteiger charge is 2.15. The van der Waals surface area contributed by atoms with Gasteiger partial charge in [0.15, 0.2) is 17.2 Å². The summed E-state index contributed by atoms with van der Waals surface area (Å²) in [7, 11) is 0. The molecule has 0 saturated carbocycles. The molecule has 0 spiro atoms. The number of aromatic nitrogens is 4. The molecule has 0 aliphatic carbocycles. The van der Waals surface area contributed by atoms with Gasteiger partial charge in [-0.2, -0.15) is 10.5 Å². The quantitative estimate of drug-likeness (QED) is 0.689. The molecular formula is C15H15N9O. The van der Waals surface area contributed by atoms with E-state index in [9.17, 15) is 5.26 Å². The molecule has 2 aromatic rings. The number of morpholine rings is 1. The lowest BCUT2D eigenvalue weighted by atomic mass is 10.2. The van der Waals surface area contributed by atoms with Crippen molar-refractivity contribution in [3.8, 4) is 12.1 Å². The van der Waals surface area contributed by atoms with Gasteiger partial charge in [0.25, 0.3) is 0 Å². The van der Waals surface area contributed by atoms with Crippen LogP contribution in [-0.2, 0) is 4.74 Å². The molecule has 1 saturated heterocycles. The van der Waals surface area contributed by atoms with Gasteiger partial charge in [-0.25, -0.2) is 9.97 Å². The molecule has 3 heterocycles. The number of rotatable bonds is 5. The zero-order valence-corrected chi connectivity index (χ0v) is 13.2. The number of hydrogen-bond donors (Lipinski definition) is 3. The van der Waals surface area contributed by atoms with E-state index < -0.39 is 0 Å². The zero-order chi connectivity index (χ0) is 17.5. The van der Waals surface area contributed by atoms with Crippen molar-refractivity contribution in [3.63, 3.8) is 0 Å². The molecule has 0 amide bonds. The van der Waals surface area contributed by atoms with Crippen molar-refractivity contribution in [1.29, 1.82) is 10.5 Å². The van der Waals surface area contributed by atoms with E-state index in [1.807, 2.05) is 12.1 Å². The van der Waals surface area contributed by atoms with Crippen molar-refractivity contribution < 1.29 is 4.74 Å². The van der Waals surface area contributed by atoms with Gasteiger partial charge in [-0.1, -0.05) is 0 Å². The highest BCUT2D eigenvalue weighted by molar-refractivity contribution is 5.62. The summed E-state index contributed by atoms with van der Waals surface area (Å²) in [6, 6.07) is 5.57. The van der Waals surface area contributed by atoms with E-state index >= 15 is 0 Å². The van der Waals surface area contributed by atoms with Gasteiger partial charge in [0, 0.05) is 25.7 Å². The standard InChI is InChI=1S/C15H15N9O/c16-4-10-6-21-15(9-19-10)22-14-3-12(13(5-17)23-24-14)20-8-11-7-18-1-2-25-11/h3,6,9,11,18H,1-2,7-8H2,(H2,20,21,22,24). The molecule has 0 radical (unpaired) electrons. The molecule has 25 heavy (non-hydrogen) atoms. The molecule has 2 aromatic heterocycles. The third-order valence-electron chi connectivity index (χ3n) is 3.45. The SMILES string of the molecule is N#Cc1cnc(Nc2cc(NCC3CNCCO3)c(C#N)nn2)cn1. The largest absolute Gasteiger partial charge is 0.380 e. The van der Waals surface area contributed by atoms with E-state index in [2.05, 4.69) is 36.1 Å². The first-order chi connectivity index (χ1) is 12.3. The summed E-state index contributed by atoms with van der Waals surface area (Å²) in [6.07, 6.45) is 2.80. The molecule has 1 aliphatic heterocycles. The van der Waals surface area contributed by atoms with Crippen LogP contribution in [0.1, 0.15) is 11.4 Å². The van der Waals surface area contributed by atoms with Crippen molar-refractivity contribution in [2.75, 3.05) is 36.9 Å². The first-order valence-corrected chi connectivity index (χ1v) is 7.61. The minimum atomic E-state index is 0.0225. The first kappa shape index (κ1) is 16.5. The first-order valence-electron chi connectivity index (χ1n) is 7.61. The van der Waals surface area contributed by atoms with Gasteiger partial charge in [0.2, 0.25) is 0 Å². The summed E-state index contributed by atoms with van der Waals surface area (Å²) in [5, 5.41) is 35.1. The maximum absolute atomic E-state index is 9.18. The second-order valence-corrected chi connectivity index (χ2v) is 5.21. The topological polar surface area (TPSA) is 144 Å². The number of ether oxygens (including phenoxy) is 1. The van der Waals surface area contributed by atoms with Gasteiger partial charge in [0.1, 0.15) is 18.0 Å². The highest BCUT2D eigenvalue weighted by atomic mass is 16.5. The summed E-state index contributed by atoms with van der Waals surface area (Å²) in [4.78, 5) is 7.98. The maximum Gasteiger partial charge on any atom is 0.186 e. The van der Waals surface area contributed by atoms with Crippen LogP contribution in [0.2, 0.25) is 0 Å². The minimum Gasteiger partial charge on any atom is -0.380 e. The fourth-order valence-corrected chi connectivity index (χ4v) is 2.23. The van der Waals surface area contributed by atoms with Crippen LogP contribution in [0.3, 0.4) is 0 Å². The average molecular weight is 337 g/mol. The lowest BCUT2D eigenvalue weighted by molar-refractivity contribution is 0.0372. The fraction of sp³-hybridized carbons (Fsp3) is 0.333. The lowest BCUT2D eigenvalue weighted by Crippen LogP contribution is -2.42. The molecule has 1 fully saturated rings. The number of anilines is 3. The fourth-order valence-electron chi connectivity index (χ4n) is 2.23. The lowest BCUT2D eigenvalue weighted by Gasteiger charge is -2.24. The van der Waals surface area contributed by atoms with Crippen LogP contribution in [0.15, 0.2) is 18.5 Å². The van der Waals surface area contributed by atoms with Crippen molar-refractivity contribution in [2.45, 2.75) is 6.10 Å². The molecule has 1 aliphatic rings. The van der Waals surface area contributed by atoms with Gasteiger partial charge < -0.3 is 20.7 Å². The van der Waals surface area contributed by atoms with Crippen LogP contribution < -0.4 is 16.0 Å². The third kappa shape index (κ3) is 4.35. The van der Waals surface area contributed by atoms with E-state index in [0.717, 1.165) is 13.1 Å². The molecule has 10 heteroatoms. The van der Waals surface area contributed by atoms with Crippen molar-refractivity contribution in [3.05, 3.63) is 29.8 Å². The Labute approximate surface area is 143 Å². The predicted octanol–water partition coefficient (Wildman–Crippen LogP) is 0.154. The van der Waals surface area contributed by atoms with Gasteiger partial charge in [-0.3, -0.25) is 0 Å². The zero-order valence-electron chi connectivity index (χ0n) is 13.2. The van der Waals surface area contributed by atoms with E-state index in [-0.39, 0.29) is 17.5 Å². The summed E-state index contributed by atoms with van der Waals surface area (Å²) in [5.41, 5.74) is 0.968. The molecule has 3 rings (SSSR count). The normalized spacial score (nSPS) is 16.5. The summed E-state index contributed by atoms with van der Waals surface area (Å²) < 4.78 is 5.62. The summed E-state index contributed by atoms with van der Waals surface area (Å²) in [6.45, 7) is 2.80. The number of nitriles is 2. The van der Waals surface area contributed by atoms with Gasteiger partial charge >= 0.3 is 0 Å². The van der Waals surface area contributed by atoms with Gasteiger partial charge in [-0.05, 0) is 0 Å². The molecule has 10 nitrogen and oxygen atoms in total. The highest BCUT2D eigenvalue weighted by Crippen LogP contribution is 2.18. The number of nitrogens with one attached hydrogen (secondary N) is 3. The predicted molar refractivity (Wildman–Crippen MR) is 87.9 cm³/mol. The Morgan fingerprint density at radius 3 is 2.80 bits per heavy atom. The molecule has 0 bridgehead atoms. The Morgan fingerprint density at radius 2 is 2.12 bits per heavy atom. The summed E-state index contributed by atoms with van der Waals surface area (Å²) in [5.74, 6) is 0.826. The minimum absolute atomic E-state index is 0.0225. The average Bonchev–Trinajstić information content (AvgIpc) is 2.68. The van der Waals surface area contributed by atoms with Crippen LogP contribution >= 0.6 is 0 Å². The number of hydrogen-bond acceptors (Lipinski definition) is 10. The Morgan fingerprint density at radius 1 is 1.20 bits per heavy atom. The molecule has 3 N–H and O–H groups in total. The molecular weight excluding hydrogens is 322 g/mol. The molecule has 0 aromatic carbocycles. The van der Waals surface area contributed by atoms with Gasteiger partial charge in [-0.15, -0.1) is 10.2 Å². The Bertz CT molecular complexity index is 803. The van der Waals surface area contributed by atoms with E-state index in [1.165, 1.54) is 12.4 Å². The Hall–Kier alpha value is -3.34. The molecule has 1 atom stereocenters. The molecule has 1 unspecified atom stereocenters. The van der Waals surface area contributed by atoms with Crippen LogP contribution in [0.25, 0.3) is 0 Å². The second-order valence-electron chi connectivity index (χ2n) is 5.21. The van der Waals surface area contributed by atoms with Crippen LogP contribution in [0, 0.1) is 22.7 Å². The monoisotopic (exact) mass is 337 g/mol. The maximum atomic E-state index is 9.18. The smallest absolute Gasteiger partial charge is 0.186 e. The van der Waals surface area contributed by atoms with Crippen molar-refractivity contribution in [1.82, 2.24) is 25.5 Å². The van der Waals surface area contributed by atoms with E-state index in [0.29, 0.717) is 30.5 Å². The molecule has 126 valence electrons.